The molecule has 0 N–H and O–H groups in total. The van der Waals surface area contributed by atoms with Crippen molar-refractivity contribution in [3.05, 3.63) is 102 Å². The lowest BCUT2D eigenvalue weighted by Crippen LogP contribution is -2.48. The molecule has 2 saturated heterocycles. The average Bonchev–Trinajstić information content (AvgIpc) is 3.60. The van der Waals surface area contributed by atoms with Crippen LogP contribution in [0, 0.1) is 0 Å². The minimum atomic E-state index is -0.291. The first-order valence-corrected chi connectivity index (χ1v) is 14.0. The van der Waals surface area contributed by atoms with Crippen molar-refractivity contribution < 1.29 is 18.7 Å². The van der Waals surface area contributed by atoms with Crippen LogP contribution in [0.1, 0.15) is 47.2 Å². The number of piperidine rings is 1. The monoisotopic (exact) mass is 537 g/mol. The lowest BCUT2D eigenvalue weighted by atomic mass is 9.95. The Morgan fingerprint density at radius 2 is 1.55 bits per heavy atom. The van der Waals surface area contributed by atoms with E-state index in [-0.39, 0.29) is 5.97 Å². The summed E-state index contributed by atoms with van der Waals surface area (Å²) in [5, 5.41) is 0. The van der Waals surface area contributed by atoms with Crippen molar-refractivity contribution in [2.24, 2.45) is 0 Å². The van der Waals surface area contributed by atoms with Crippen LogP contribution in [0.15, 0.2) is 89.7 Å². The van der Waals surface area contributed by atoms with Gasteiger partial charge in [0.05, 0.1) is 18.9 Å². The van der Waals surface area contributed by atoms with Gasteiger partial charge in [-0.3, -0.25) is 9.80 Å². The maximum atomic E-state index is 11.7. The average molecular weight is 538 g/mol. The summed E-state index contributed by atoms with van der Waals surface area (Å²) in [6, 6.07) is 25.8. The fourth-order valence-electron chi connectivity index (χ4n) is 6.19. The SMILES string of the molecule is COC(=O)c1ccc(CN(C)C2C[C@H]3CC[C@@H](C2)N3Cc2ccc(Oc3ccc(-c4ncco4)cc3)cc2)cc1. The molecule has 7 nitrogen and oxygen atoms in total. The predicted octanol–water partition coefficient (Wildman–Crippen LogP) is 6.55. The first kappa shape index (κ1) is 26.3. The lowest BCUT2D eigenvalue weighted by molar-refractivity contribution is 0.0599. The van der Waals surface area contributed by atoms with Crippen LogP contribution in [0.2, 0.25) is 0 Å². The topological polar surface area (TPSA) is 68.0 Å². The van der Waals surface area contributed by atoms with Crippen LogP contribution in [0.5, 0.6) is 11.5 Å². The molecule has 4 aromatic rings. The normalized spacial score (nSPS) is 20.5. The number of benzene rings is 3. The molecule has 7 heteroatoms. The molecule has 0 aliphatic carbocycles. The molecular formula is C33H35N3O4. The number of carbonyl (C=O) groups is 1. The van der Waals surface area contributed by atoms with Gasteiger partial charge in [-0.15, -0.1) is 0 Å². The van der Waals surface area contributed by atoms with Gasteiger partial charge in [0.25, 0.3) is 0 Å². The summed E-state index contributed by atoms with van der Waals surface area (Å²) in [6.45, 7) is 1.86. The van der Waals surface area contributed by atoms with Gasteiger partial charge in [-0.1, -0.05) is 24.3 Å². The molecule has 2 fully saturated rings. The fraction of sp³-hybridized carbons (Fsp3) is 0.333. The second kappa shape index (κ2) is 11.7. The lowest BCUT2D eigenvalue weighted by Gasteiger charge is -2.42. The molecule has 0 spiro atoms. The number of ether oxygens (including phenoxy) is 2. The molecule has 2 aliphatic heterocycles. The van der Waals surface area contributed by atoms with Gasteiger partial charge in [0, 0.05) is 36.8 Å². The number of nitrogens with zero attached hydrogens (tertiary/aromatic N) is 3. The molecule has 3 atom stereocenters. The highest BCUT2D eigenvalue weighted by Gasteiger charge is 2.41. The van der Waals surface area contributed by atoms with E-state index in [1.54, 1.807) is 12.5 Å². The van der Waals surface area contributed by atoms with Crippen LogP contribution in [0.25, 0.3) is 11.5 Å². The Hall–Kier alpha value is -3.94. The largest absolute Gasteiger partial charge is 0.465 e. The number of hydrogen-bond donors (Lipinski definition) is 0. The summed E-state index contributed by atoms with van der Waals surface area (Å²) >= 11 is 0. The van der Waals surface area contributed by atoms with Crippen molar-refractivity contribution in [3.63, 3.8) is 0 Å². The van der Waals surface area contributed by atoms with Gasteiger partial charge in [-0.05, 0) is 92.4 Å². The Kier molecular flexibility index (Phi) is 7.66. The van der Waals surface area contributed by atoms with E-state index >= 15 is 0 Å². The Morgan fingerprint density at radius 1 is 0.925 bits per heavy atom. The Balaban J connectivity index is 1.02. The van der Waals surface area contributed by atoms with Gasteiger partial charge >= 0.3 is 5.97 Å². The molecule has 0 radical (unpaired) electrons. The van der Waals surface area contributed by atoms with Crippen LogP contribution in [-0.2, 0) is 17.8 Å². The van der Waals surface area contributed by atoms with Crippen molar-refractivity contribution in [2.75, 3.05) is 14.2 Å². The number of esters is 1. The number of rotatable bonds is 9. The van der Waals surface area contributed by atoms with E-state index in [0.29, 0.717) is 29.6 Å². The molecule has 0 saturated carbocycles. The van der Waals surface area contributed by atoms with Crippen LogP contribution in [-0.4, -0.2) is 53.0 Å². The molecule has 3 heterocycles. The Labute approximate surface area is 235 Å². The first-order chi connectivity index (χ1) is 19.6. The van der Waals surface area contributed by atoms with Crippen molar-refractivity contribution in [1.82, 2.24) is 14.8 Å². The maximum absolute atomic E-state index is 11.7. The van der Waals surface area contributed by atoms with Crippen LogP contribution in [0.3, 0.4) is 0 Å². The van der Waals surface area contributed by atoms with E-state index < -0.39 is 0 Å². The fourth-order valence-corrected chi connectivity index (χ4v) is 6.19. The van der Waals surface area contributed by atoms with Crippen LogP contribution >= 0.6 is 0 Å². The third-order valence-electron chi connectivity index (χ3n) is 8.35. The zero-order chi connectivity index (χ0) is 27.5. The highest BCUT2D eigenvalue weighted by atomic mass is 16.5. The molecule has 1 aromatic heterocycles. The maximum Gasteiger partial charge on any atom is 0.337 e. The molecule has 2 bridgehead atoms. The predicted molar refractivity (Wildman–Crippen MR) is 153 cm³/mol. The third-order valence-corrected chi connectivity index (χ3v) is 8.35. The summed E-state index contributed by atoms with van der Waals surface area (Å²) in [7, 11) is 3.64. The van der Waals surface area contributed by atoms with Crippen LogP contribution in [0.4, 0.5) is 0 Å². The second-order valence-corrected chi connectivity index (χ2v) is 10.9. The van der Waals surface area contributed by atoms with Crippen molar-refractivity contribution in [2.45, 2.75) is 56.9 Å². The van der Waals surface area contributed by atoms with Gasteiger partial charge in [-0.2, -0.15) is 0 Å². The van der Waals surface area contributed by atoms with Gasteiger partial charge in [0.15, 0.2) is 0 Å². The van der Waals surface area contributed by atoms with Gasteiger partial charge in [0.2, 0.25) is 5.89 Å². The first-order valence-electron chi connectivity index (χ1n) is 14.0. The number of carbonyl (C=O) groups excluding carboxylic acids is 1. The molecule has 2 aliphatic rings. The third kappa shape index (κ3) is 5.81. The quantitative estimate of drug-likeness (QED) is 0.224. The Morgan fingerprint density at radius 3 is 2.15 bits per heavy atom. The van der Waals surface area contributed by atoms with Gasteiger partial charge in [-0.25, -0.2) is 9.78 Å². The number of aromatic nitrogens is 1. The summed E-state index contributed by atoms with van der Waals surface area (Å²) in [4.78, 5) is 21.1. The summed E-state index contributed by atoms with van der Waals surface area (Å²) < 4.78 is 16.2. The van der Waals surface area contributed by atoms with E-state index in [9.17, 15) is 4.79 Å². The number of oxazole rings is 1. The van der Waals surface area contributed by atoms with Gasteiger partial charge < -0.3 is 13.9 Å². The minimum absolute atomic E-state index is 0.291. The summed E-state index contributed by atoms with van der Waals surface area (Å²) in [5.74, 6) is 1.93. The van der Waals surface area contributed by atoms with E-state index in [2.05, 4.69) is 46.1 Å². The van der Waals surface area contributed by atoms with E-state index in [0.717, 1.165) is 30.2 Å². The zero-order valence-electron chi connectivity index (χ0n) is 23.0. The van der Waals surface area contributed by atoms with E-state index in [1.807, 2.05) is 48.5 Å². The van der Waals surface area contributed by atoms with Crippen LogP contribution < -0.4 is 4.74 Å². The number of hydrogen-bond acceptors (Lipinski definition) is 7. The molecule has 3 aromatic carbocycles. The van der Waals surface area contributed by atoms with Crippen molar-refractivity contribution >= 4 is 5.97 Å². The summed E-state index contributed by atoms with van der Waals surface area (Å²) in [6.07, 6.45) is 8.14. The summed E-state index contributed by atoms with van der Waals surface area (Å²) in [5.41, 5.74) is 4.06. The highest BCUT2D eigenvalue weighted by molar-refractivity contribution is 5.89. The van der Waals surface area contributed by atoms with Crippen molar-refractivity contribution in [3.8, 4) is 23.0 Å². The second-order valence-electron chi connectivity index (χ2n) is 10.9. The van der Waals surface area contributed by atoms with Crippen molar-refractivity contribution in [1.29, 1.82) is 0 Å². The Bertz CT molecular complexity index is 1390. The number of fused-ring (bicyclic) bond motifs is 2. The molecular weight excluding hydrogens is 502 g/mol. The number of methoxy groups -OCH3 is 1. The molecule has 206 valence electrons. The van der Waals surface area contributed by atoms with E-state index in [1.165, 1.54) is 43.9 Å². The zero-order valence-corrected chi connectivity index (χ0v) is 23.0. The van der Waals surface area contributed by atoms with Gasteiger partial charge in [0.1, 0.15) is 17.8 Å². The molecule has 0 amide bonds. The highest BCUT2D eigenvalue weighted by Crippen LogP contribution is 2.39. The minimum Gasteiger partial charge on any atom is -0.465 e. The molecule has 40 heavy (non-hydrogen) atoms. The standard InChI is InChI=1S/C33H35N3O4/c1-35(21-23-3-7-26(8-4-23)33(37)38-2)29-19-27-11-12-28(20-29)36(27)22-24-5-13-30(14-6-24)40-31-15-9-25(10-16-31)32-34-17-18-39-32/h3-10,13-18,27-29H,11-12,19-22H2,1-2H3/t27-,28+,29?. The molecule has 6 rings (SSSR count). The van der Waals surface area contributed by atoms with E-state index in [4.69, 9.17) is 13.9 Å². The molecule has 1 unspecified atom stereocenters. The smallest absolute Gasteiger partial charge is 0.337 e.